The fraction of sp³-hybridized carbons (Fsp3) is 0.235. The van der Waals surface area contributed by atoms with E-state index in [1.165, 1.54) is 17.8 Å². The zero-order chi connectivity index (χ0) is 18.7. The number of aromatic nitrogens is 3. The van der Waals surface area contributed by atoms with E-state index < -0.39 is 28.5 Å². The Morgan fingerprint density at radius 3 is 2.62 bits per heavy atom. The Labute approximate surface area is 157 Å². The molecule has 0 aliphatic carbocycles. The van der Waals surface area contributed by atoms with Crippen LogP contribution in [-0.2, 0) is 11.3 Å². The van der Waals surface area contributed by atoms with Crippen molar-refractivity contribution >= 4 is 34.7 Å². The number of para-hydroxylation sites is 1. The number of carbonyl (C=O) groups excluding carboxylic acids is 1. The number of nitrogens with one attached hydrogen (secondary N) is 1. The Balaban J connectivity index is 1.76. The topological polar surface area (TPSA) is 59.8 Å². The molecule has 1 N–H and O–H groups in total. The zero-order valence-electron chi connectivity index (χ0n) is 14.1. The Hall–Kier alpha value is -2.26. The molecule has 3 aromatic rings. The summed E-state index contributed by atoms with van der Waals surface area (Å²) < 4.78 is 29.3. The molecule has 0 aliphatic rings. The molecule has 26 heavy (non-hydrogen) atoms. The Morgan fingerprint density at radius 1 is 1.27 bits per heavy atom. The second-order valence-corrected chi connectivity index (χ2v) is 7.63. The third kappa shape index (κ3) is 3.78. The van der Waals surface area contributed by atoms with Crippen molar-refractivity contribution in [2.45, 2.75) is 30.8 Å². The molecule has 0 saturated carbocycles. The molecule has 1 aromatic carbocycles. The van der Waals surface area contributed by atoms with Gasteiger partial charge < -0.3 is 9.88 Å². The number of nitrogens with zero attached hydrogens (tertiary/aromatic N) is 3. The van der Waals surface area contributed by atoms with Crippen LogP contribution in [0.1, 0.15) is 13.8 Å². The molecule has 0 fully saturated rings. The van der Waals surface area contributed by atoms with Gasteiger partial charge in [0, 0.05) is 6.54 Å². The van der Waals surface area contributed by atoms with Gasteiger partial charge in [-0.15, -0.1) is 21.5 Å². The van der Waals surface area contributed by atoms with Crippen LogP contribution in [0.15, 0.2) is 40.9 Å². The highest BCUT2D eigenvalue weighted by molar-refractivity contribution is 8.00. The summed E-state index contributed by atoms with van der Waals surface area (Å²) in [6.45, 7) is 4.25. The molecule has 0 aliphatic heterocycles. The maximum atomic E-state index is 13.7. The molecule has 0 spiro atoms. The molecule has 2 aromatic heterocycles. The average Bonchev–Trinajstić information content (AvgIpc) is 3.27. The van der Waals surface area contributed by atoms with Gasteiger partial charge in [-0.1, -0.05) is 23.9 Å². The first-order valence-corrected chi connectivity index (χ1v) is 9.65. The van der Waals surface area contributed by atoms with Gasteiger partial charge in [0.2, 0.25) is 5.91 Å². The lowest BCUT2D eigenvalue weighted by Crippen LogP contribution is -2.24. The van der Waals surface area contributed by atoms with Crippen LogP contribution in [0.2, 0.25) is 0 Å². The highest BCUT2D eigenvalue weighted by Gasteiger charge is 2.22. The third-order valence-corrected chi connectivity index (χ3v) is 5.58. The van der Waals surface area contributed by atoms with Gasteiger partial charge in [0.15, 0.2) is 11.0 Å². The minimum Gasteiger partial charge on any atom is -0.320 e. The van der Waals surface area contributed by atoms with E-state index in [4.69, 9.17) is 0 Å². The first kappa shape index (κ1) is 18.5. The molecule has 9 heteroatoms. The second-order valence-electron chi connectivity index (χ2n) is 5.37. The predicted octanol–water partition coefficient (Wildman–Crippen LogP) is 4.42. The largest absolute Gasteiger partial charge is 0.320 e. The SMILES string of the molecule is CCn1c(S[C@H](C)C(=O)Nc2c(F)cccc2F)nnc1-c1cccs1. The van der Waals surface area contributed by atoms with Crippen LogP contribution in [0.4, 0.5) is 14.5 Å². The smallest absolute Gasteiger partial charge is 0.237 e. The number of thioether (sulfide) groups is 1. The van der Waals surface area contributed by atoms with E-state index in [0.717, 1.165) is 22.8 Å². The van der Waals surface area contributed by atoms with Crippen molar-refractivity contribution in [1.82, 2.24) is 14.8 Å². The highest BCUT2D eigenvalue weighted by atomic mass is 32.2. The molecule has 136 valence electrons. The van der Waals surface area contributed by atoms with Gasteiger partial charge in [-0.05, 0) is 37.4 Å². The summed E-state index contributed by atoms with van der Waals surface area (Å²) in [5.41, 5.74) is -0.443. The quantitative estimate of drug-likeness (QED) is 0.629. The van der Waals surface area contributed by atoms with Crippen molar-refractivity contribution in [2.24, 2.45) is 0 Å². The number of benzene rings is 1. The van der Waals surface area contributed by atoms with Crippen LogP contribution < -0.4 is 5.32 Å². The Morgan fingerprint density at radius 2 is 2.00 bits per heavy atom. The summed E-state index contributed by atoms with van der Waals surface area (Å²) in [7, 11) is 0. The first-order chi connectivity index (χ1) is 12.5. The number of rotatable bonds is 6. The van der Waals surface area contributed by atoms with E-state index in [9.17, 15) is 13.6 Å². The minimum absolute atomic E-state index is 0.443. The number of amides is 1. The van der Waals surface area contributed by atoms with E-state index in [2.05, 4.69) is 15.5 Å². The van der Waals surface area contributed by atoms with Crippen LogP contribution in [0.3, 0.4) is 0 Å². The van der Waals surface area contributed by atoms with Crippen molar-refractivity contribution in [3.05, 3.63) is 47.3 Å². The van der Waals surface area contributed by atoms with E-state index in [1.54, 1.807) is 18.3 Å². The zero-order valence-corrected chi connectivity index (χ0v) is 15.7. The average molecular weight is 394 g/mol. The molecule has 1 amide bonds. The molecule has 0 unspecified atom stereocenters. The standard InChI is InChI=1S/C17H16F2N4OS2/c1-3-23-15(13-8-5-9-25-13)21-22-17(23)26-10(2)16(24)20-14-11(18)6-4-7-12(14)19/h4-10H,3H2,1-2H3,(H,20,24)/t10-/m1/s1. The van der Waals surface area contributed by atoms with Gasteiger partial charge in [-0.3, -0.25) is 4.79 Å². The molecule has 1 atom stereocenters. The number of anilines is 1. The number of hydrogen-bond donors (Lipinski definition) is 1. The van der Waals surface area contributed by atoms with Crippen molar-refractivity contribution in [3.63, 3.8) is 0 Å². The first-order valence-electron chi connectivity index (χ1n) is 7.89. The maximum Gasteiger partial charge on any atom is 0.237 e. The number of carbonyl (C=O) groups is 1. The fourth-order valence-corrected chi connectivity index (χ4v) is 3.93. The number of halogens is 2. The molecule has 0 bridgehead atoms. The maximum absolute atomic E-state index is 13.7. The minimum atomic E-state index is -0.813. The van der Waals surface area contributed by atoms with Crippen LogP contribution in [0.5, 0.6) is 0 Å². The van der Waals surface area contributed by atoms with Crippen LogP contribution in [0, 0.1) is 11.6 Å². The monoisotopic (exact) mass is 394 g/mol. The summed E-state index contributed by atoms with van der Waals surface area (Å²) in [5, 5.41) is 12.6. The number of hydrogen-bond acceptors (Lipinski definition) is 5. The summed E-state index contributed by atoms with van der Waals surface area (Å²) in [6.07, 6.45) is 0. The van der Waals surface area contributed by atoms with Crippen molar-refractivity contribution in [1.29, 1.82) is 0 Å². The molecular formula is C17H16F2N4OS2. The Kier molecular flexibility index (Phi) is 5.67. The van der Waals surface area contributed by atoms with Gasteiger partial charge in [-0.2, -0.15) is 0 Å². The Bertz CT molecular complexity index is 891. The van der Waals surface area contributed by atoms with E-state index in [1.807, 2.05) is 29.0 Å². The number of thiophene rings is 1. The summed E-state index contributed by atoms with van der Waals surface area (Å²) >= 11 is 2.74. The van der Waals surface area contributed by atoms with E-state index in [0.29, 0.717) is 11.7 Å². The van der Waals surface area contributed by atoms with Crippen molar-refractivity contribution < 1.29 is 13.6 Å². The lowest BCUT2D eigenvalue weighted by atomic mass is 10.3. The van der Waals surface area contributed by atoms with Gasteiger partial charge >= 0.3 is 0 Å². The normalized spacial score (nSPS) is 12.2. The molecule has 0 saturated heterocycles. The molecule has 0 radical (unpaired) electrons. The van der Waals surface area contributed by atoms with Crippen molar-refractivity contribution in [3.8, 4) is 10.7 Å². The summed E-state index contributed by atoms with van der Waals surface area (Å²) in [5.74, 6) is -1.40. The van der Waals surface area contributed by atoms with Crippen molar-refractivity contribution in [2.75, 3.05) is 5.32 Å². The van der Waals surface area contributed by atoms with Gasteiger partial charge in [-0.25, -0.2) is 8.78 Å². The van der Waals surface area contributed by atoms with Gasteiger partial charge in [0.1, 0.15) is 17.3 Å². The van der Waals surface area contributed by atoms with Gasteiger partial charge in [0.05, 0.1) is 10.1 Å². The van der Waals surface area contributed by atoms with Crippen LogP contribution >= 0.6 is 23.1 Å². The molecule has 5 nitrogen and oxygen atoms in total. The third-order valence-electron chi connectivity index (χ3n) is 3.64. The second kappa shape index (κ2) is 7.96. The molecule has 2 heterocycles. The predicted molar refractivity (Wildman–Crippen MR) is 99.3 cm³/mol. The van der Waals surface area contributed by atoms with Gasteiger partial charge in [0.25, 0.3) is 0 Å². The summed E-state index contributed by atoms with van der Waals surface area (Å²) in [4.78, 5) is 13.3. The molecule has 3 rings (SSSR count). The van der Waals surface area contributed by atoms with Crippen LogP contribution in [-0.4, -0.2) is 25.9 Å². The highest BCUT2D eigenvalue weighted by Crippen LogP contribution is 2.29. The fourth-order valence-electron chi connectivity index (χ4n) is 2.30. The summed E-state index contributed by atoms with van der Waals surface area (Å²) in [6, 6.07) is 7.32. The van der Waals surface area contributed by atoms with E-state index in [-0.39, 0.29) is 0 Å². The lowest BCUT2D eigenvalue weighted by Gasteiger charge is -2.13. The van der Waals surface area contributed by atoms with Crippen LogP contribution in [0.25, 0.3) is 10.7 Å². The molecular weight excluding hydrogens is 378 g/mol. The van der Waals surface area contributed by atoms with E-state index >= 15 is 0 Å². The lowest BCUT2D eigenvalue weighted by molar-refractivity contribution is -0.115.